The molecule has 1 aromatic rings. The van der Waals surface area contributed by atoms with Crippen LogP contribution in [0, 0.1) is 16.7 Å². The number of nitrogens with zero attached hydrogens (tertiary/aromatic N) is 2. The summed E-state index contributed by atoms with van der Waals surface area (Å²) in [6.07, 6.45) is 2.72. The van der Waals surface area contributed by atoms with E-state index in [1.807, 2.05) is 32.0 Å². The maximum atomic E-state index is 12.0. The van der Waals surface area contributed by atoms with Crippen LogP contribution in [-0.4, -0.2) is 10.9 Å². The zero-order chi connectivity index (χ0) is 12.7. The third-order valence-corrected chi connectivity index (χ3v) is 3.01. The largest absolute Gasteiger partial charge is 0.349 e. The maximum Gasteiger partial charge on any atom is 0.240 e. The molecule has 0 aliphatic heterocycles. The van der Waals surface area contributed by atoms with E-state index < -0.39 is 5.41 Å². The van der Waals surface area contributed by atoms with Gasteiger partial charge in [0.05, 0.1) is 18.3 Å². The molecule has 0 saturated carbocycles. The number of rotatable bonds is 5. The van der Waals surface area contributed by atoms with E-state index in [2.05, 4.69) is 16.4 Å². The molecule has 1 rings (SSSR count). The highest BCUT2D eigenvalue weighted by molar-refractivity contribution is 5.85. The van der Waals surface area contributed by atoms with Gasteiger partial charge in [-0.3, -0.25) is 9.78 Å². The lowest BCUT2D eigenvalue weighted by atomic mass is 9.83. The molecule has 0 aliphatic carbocycles. The lowest BCUT2D eigenvalue weighted by Crippen LogP contribution is -2.39. The topological polar surface area (TPSA) is 65.8 Å². The molecule has 0 spiro atoms. The Labute approximate surface area is 102 Å². The third-order valence-electron chi connectivity index (χ3n) is 3.01. The van der Waals surface area contributed by atoms with E-state index in [4.69, 9.17) is 5.26 Å². The van der Waals surface area contributed by atoms with E-state index in [0.717, 1.165) is 5.69 Å². The molecule has 0 saturated heterocycles. The van der Waals surface area contributed by atoms with Crippen LogP contribution in [0.5, 0.6) is 0 Å². The van der Waals surface area contributed by atoms with E-state index >= 15 is 0 Å². The van der Waals surface area contributed by atoms with Crippen molar-refractivity contribution in [2.24, 2.45) is 5.41 Å². The van der Waals surface area contributed by atoms with E-state index in [1.54, 1.807) is 6.20 Å². The first-order valence-electron chi connectivity index (χ1n) is 5.78. The van der Waals surface area contributed by atoms with Gasteiger partial charge in [0.25, 0.3) is 0 Å². The molecule has 1 N–H and O–H groups in total. The maximum absolute atomic E-state index is 12.0. The number of pyridine rings is 1. The molecule has 0 aromatic carbocycles. The van der Waals surface area contributed by atoms with E-state index in [-0.39, 0.29) is 5.91 Å². The van der Waals surface area contributed by atoms with Crippen LogP contribution in [0.2, 0.25) is 0 Å². The van der Waals surface area contributed by atoms with Crippen molar-refractivity contribution < 1.29 is 4.79 Å². The predicted octanol–water partition coefficient (Wildman–Crippen LogP) is 2.03. The highest BCUT2D eigenvalue weighted by Gasteiger charge is 2.34. The van der Waals surface area contributed by atoms with E-state index in [1.165, 1.54) is 0 Å². The van der Waals surface area contributed by atoms with Gasteiger partial charge in [-0.2, -0.15) is 5.26 Å². The molecule has 1 aromatic heterocycles. The molecule has 0 atom stereocenters. The van der Waals surface area contributed by atoms with Crippen LogP contribution in [0.25, 0.3) is 0 Å². The lowest BCUT2D eigenvalue weighted by molar-refractivity contribution is -0.128. The Morgan fingerprint density at radius 1 is 1.47 bits per heavy atom. The van der Waals surface area contributed by atoms with Crippen LogP contribution in [0.4, 0.5) is 0 Å². The molecule has 1 amide bonds. The fourth-order valence-corrected chi connectivity index (χ4v) is 1.62. The predicted molar refractivity (Wildman–Crippen MR) is 64.7 cm³/mol. The third kappa shape index (κ3) is 3.04. The normalized spacial score (nSPS) is 10.6. The van der Waals surface area contributed by atoms with Gasteiger partial charge in [0, 0.05) is 6.20 Å². The molecule has 1 heterocycles. The van der Waals surface area contributed by atoms with Crippen molar-refractivity contribution >= 4 is 5.91 Å². The average molecular weight is 231 g/mol. The SMILES string of the molecule is CCC(C#N)(CC)C(=O)NCc1ccccn1. The van der Waals surface area contributed by atoms with Crippen molar-refractivity contribution in [2.45, 2.75) is 33.2 Å². The molecule has 17 heavy (non-hydrogen) atoms. The first kappa shape index (κ1) is 13.2. The monoisotopic (exact) mass is 231 g/mol. The highest BCUT2D eigenvalue weighted by Crippen LogP contribution is 2.25. The minimum absolute atomic E-state index is 0.212. The smallest absolute Gasteiger partial charge is 0.240 e. The van der Waals surface area contributed by atoms with Gasteiger partial charge in [-0.05, 0) is 25.0 Å². The van der Waals surface area contributed by atoms with Crippen molar-refractivity contribution in [1.29, 1.82) is 5.26 Å². The van der Waals surface area contributed by atoms with Crippen LogP contribution in [-0.2, 0) is 11.3 Å². The van der Waals surface area contributed by atoms with Crippen LogP contribution in [0.3, 0.4) is 0 Å². The molecular formula is C13H17N3O. The van der Waals surface area contributed by atoms with Crippen molar-refractivity contribution in [3.63, 3.8) is 0 Å². The van der Waals surface area contributed by atoms with Gasteiger partial charge in [-0.25, -0.2) is 0 Å². The number of carbonyl (C=O) groups excluding carboxylic acids is 1. The molecule has 0 radical (unpaired) electrons. The van der Waals surface area contributed by atoms with Gasteiger partial charge in [0.15, 0.2) is 0 Å². The van der Waals surface area contributed by atoms with Crippen LogP contribution < -0.4 is 5.32 Å². The van der Waals surface area contributed by atoms with Gasteiger partial charge >= 0.3 is 0 Å². The second-order valence-corrected chi connectivity index (χ2v) is 3.90. The molecule has 4 nitrogen and oxygen atoms in total. The fourth-order valence-electron chi connectivity index (χ4n) is 1.62. The van der Waals surface area contributed by atoms with Gasteiger partial charge < -0.3 is 5.32 Å². The quantitative estimate of drug-likeness (QED) is 0.843. The van der Waals surface area contributed by atoms with Crippen molar-refractivity contribution in [1.82, 2.24) is 10.3 Å². The summed E-state index contributed by atoms with van der Waals surface area (Å²) in [5.41, 5.74) is -0.116. The van der Waals surface area contributed by atoms with Crippen LogP contribution in [0.1, 0.15) is 32.4 Å². The van der Waals surface area contributed by atoms with E-state index in [0.29, 0.717) is 19.4 Å². The summed E-state index contributed by atoms with van der Waals surface area (Å²) in [4.78, 5) is 16.1. The second-order valence-electron chi connectivity index (χ2n) is 3.90. The van der Waals surface area contributed by atoms with Crippen LogP contribution in [0.15, 0.2) is 24.4 Å². The fraction of sp³-hybridized carbons (Fsp3) is 0.462. The Hall–Kier alpha value is -1.89. The van der Waals surface area contributed by atoms with Crippen molar-refractivity contribution in [3.8, 4) is 6.07 Å². The number of aromatic nitrogens is 1. The molecule has 4 heteroatoms. The van der Waals surface area contributed by atoms with Gasteiger partial charge in [-0.15, -0.1) is 0 Å². The van der Waals surface area contributed by atoms with Gasteiger partial charge in [0.2, 0.25) is 5.91 Å². The Balaban J connectivity index is 2.64. The number of carbonyl (C=O) groups is 1. The Kier molecular flexibility index (Phi) is 4.65. The molecule has 0 aliphatic rings. The molecule has 0 fully saturated rings. The number of nitriles is 1. The summed E-state index contributed by atoms with van der Waals surface area (Å²) in [5.74, 6) is -0.212. The number of hydrogen-bond donors (Lipinski definition) is 1. The summed E-state index contributed by atoms with van der Waals surface area (Å²) in [7, 11) is 0. The zero-order valence-corrected chi connectivity index (χ0v) is 10.2. The van der Waals surface area contributed by atoms with Crippen LogP contribution >= 0.6 is 0 Å². The number of hydrogen-bond acceptors (Lipinski definition) is 3. The molecule has 90 valence electrons. The van der Waals surface area contributed by atoms with Gasteiger partial charge in [-0.1, -0.05) is 19.9 Å². The zero-order valence-electron chi connectivity index (χ0n) is 10.2. The Morgan fingerprint density at radius 2 is 2.18 bits per heavy atom. The first-order chi connectivity index (χ1) is 8.18. The minimum atomic E-state index is -0.908. The highest BCUT2D eigenvalue weighted by atomic mass is 16.2. The molecule has 0 unspecified atom stereocenters. The molecular weight excluding hydrogens is 214 g/mol. The number of amides is 1. The summed E-state index contributed by atoms with van der Waals surface area (Å²) in [5, 5.41) is 11.9. The standard InChI is InChI=1S/C13H17N3O/c1-3-13(4-2,10-14)12(17)16-9-11-7-5-6-8-15-11/h5-8H,3-4,9H2,1-2H3,(H,16,17). The van der Waals surface area contributed by atoms with Crippen molar-refractivity contribution in [2.75, 3.05) is 0 Å². The average Bonchev–Trinajstić information content (AvgIpc) is 2.40. The summed E-state index contributed by atoms with van der Waals surface area (Å²) >= 11 is 0. The molecule has 0 bridgehead atoms. The van der Waals surface area contributed by atoms with Crippen molar-refractivity contribution in [3.05, 3.63) is 30.1 Å². The van der Waals surface area contributed by atoms with Gasteiger partial charge in [0.1, 0.15) is 5.41 Å². The lowest BCUT2D eigenvalue weighted by Gasteiger charge is -2.21. The Bertz CT molecular complexity index is 404. The summed E-state index contributed by atoms with van der Waals surface area (Å²) < 4.78 is 0. The summed E-state index contributed by atoms with van der Waals surface area (Å²) in [6, 6.07) is 7.65. The summed E-state index contributed by atoms with van der Waals surface area (Å²) in [6.45, 7) is 4.07. The number of nitrogens with one attached hydrogen (secondary N) is 1. The Morgan fingerprint density at radius 3 is 2.65 bits per heavy atom. The second kappa shape index (κ2) is 6.00. The van der Waals surface area contributed by atoms with E-state index in [9.17, 15) is 4.79 Å². The minimum Gasteiger partial charge on any atom is -0.349 e. The first-order valence-corrected chi connectivity index (χ1v) is 5.78.